The van der Waals surface area contributed by atoms with Gasteiger partial charge in [-0.2, -0.15) is 0 Å². The van der Waals surface area contributed by atoms with E-state index in [0.29, 0.717) is 35.4 Å². The van der Waals surface area contributed by atoms with Gasteiger partial charge in [0.15, 0.2) is 0 Å². The van der Waals surface area contributed by atoms with Gasteiger partial charge in [0.2, 0.25) is 17.7 Å². The minimum Gasteiger partial charge on any atom is -0.366 e. The zero-order chi connectivity index (χ0) is 24.2. The van der Waals surface area contributed by atoms with Crippen LogP contribution in [0, 0.1) is 0 Å². The highest BCUT2D eigenvalue weighted by molar-refractivity contribution is 7.18. The number of thiophene rings is 1. The zero-order valence-corrected chi connectivity index (χ0v) is 19.8. The monoisotopic (exact) mass is 481 g/mol. The summed E-state index contributed by atoms with van der Waals surface area (Å²) in [6.07, 6.45) is 3.68. The number of benzene rings is 1. The molecule has 0 saturated heterocycles. The van der Waals surface area contributed by atoms with Crippen LogP contribution in [0.2, 0.25) is 0 Å². The molecule has 3 amide bonds. The summed E-state index contributed by atoms with van der Waals surface area (Å²) in [4.78, 5) is 59.8. The first kappa shape index (κ1) is 23.6. The van der Waals surface area contributed by atoms with Crippen LogP contribution in [0.3, 0.4) is 0 Å². The number of hydrogen-bond acceptors (Lipinski definition) is 6. The van der Waals surface area contributed by atoms with Gasteiger partial charge in [-0.25, -0.2) is 4.98 Å². The van der Waals surface area contributed by atoms with Gasteiger partial charge in [-0.3, -0.25) is 19.2 Å². The molecule has 1 aliphatic rings. The maximum Gasteiger partial charge on any atom is 0.259 e. The van der Waals surface area contributed by atoms with E-state index in [4.69, 9.17) is 5.73 Å². The minimum absolute atomic E-state index is 0.0995. The van der Waals surface area contributed by atoms with Gasteiger partial charge in [0.05, 0.1) is 5.39 Å². The number of nitrogens with one attached hydrogen (secondary N) is 2. The lowest BCUT2D eigenvalue weighted by Crippen LogP contribution is -2.34. The minimum atomic E-state index is -0.534. The van der Waals surface area contributed by atoms with E-state index < -0.39 is 5.91 Å². The highest BCUT2D eigenvalue weighted by Gasteiger charge is 2.21. The number of aryl methyl sites for hydroxylation is 3. The van der Waals surface area contributed by atoms with Crippen LogP contribution in [0.15, 0.2) is 29.1 Å². The Morgan fingerprint density at radius 1 is 1.18 bits per heavy atom. The molecule has 0 spiro atoms. The summed E-state index contributed by atoms with van der Waals surface area (Å²) < 4.78 is 0. The maximum atomic E-state index is 12.7. The summed E-state index contributed by atoms with van der Waals surface area (Å²) in [5.41, 5.74) is 7.13. The Hall–Kier alpha value is -3.53. The van der Waals surface area contributed by atoms with Crippen molar-refractivity contribution in [2.75, 3.05) is 18.4 Å². The molecule has 2 heterocycles. The summed E-state index contributed by atoms with van der Waals surface area (Å²) >= 11 is 1.58. The van der Waals surface area contributed by atoms with E-state index in [1.807, 2.05) is 6.92 Å². The number of carbonyl (C=O) groups is 3. The molecule has 0 aliphatic heterocycles. The number of nitrogens with two attached hydrogens (primary N) is 1. The number of amides is 3. The maximum absolute atomic E-state index is 12.7. The first-order valence-corrected chi connectivity index (χ1v) is 12.2. The van der Waals surface area contributed by atoms with E-state index in [1.54, 1.807) is 40.5 Å². The van der Waals surface area contributed by atoms with Crippen LogP contribution in [-0.2, 0) is 28.9 Å². The van der Waals surface area contributed by atoms with E-state index in [-0.39, 0.29) is 36.8 Å². The fraction of sp³-hybridized carbons (Fsp3) is 0.375. The molecular weight excluding hydrogens is 454 g/mol. The number of hydrogen-bond donors (Lipinski definition) is 3. The molecule has 34 heavy (non-hydrogen) atoms. The Morgan fingerprint density at radius 2 is 1.94 bits per heavy atom. The summed E-state index contributed by atoms with van der Waals surface area (Å²) in [6.45, 7) is 2.61. The Balaban J connectivity index is 1.30. The first-order chi connectivity index (χ1) is 16.4. The Morgan fingerprint density at radius 3 is 2.65 bits per heavy atom. The number of primary amides is 1. The fourth-order valence-corrected chi connectivity index (χ4v) is 5.47. The van der Waals surface area contributed by atoms with Crippen molar-refractivity contribution in [2.45, 2.75) is 45.4 Å². The van der Waals surface area contributed by atoms with E-state index in [9.17, 15) is 19.2 Å². The molecule has 0 saturated carbocycles. The standard InChI is InChI=1S/C24H27N5O4S/c1-2-29(13-12-19(30)26-15-8-6-14(7-9-15)22(25)32)20(31)11-10-18-27-23(33)21-16-4-3-5-17(16)34-24(21)28-18/h6-9H,2-5,10-13H2,1H3,(H2,25,32)(H,26,30)(H,27,28,33). The van der Waals surface area contributed by atoms with Crippen molar-refractivity contribution in [1.29, 1.82) is 0 Å². The van der Waals surface area contributed by atoms with Crippen molar-refractivity contribution in [3.63, 3.8) is 0 Å². The molecule has 1 aromatic carbocycles. The van der Waals surface area contributed by atoms with Crippen molar-refractivity contribution in [1.82, 2.24) is 14.9 Å². The SMILES string of the molecule is CCN(CCC(=O)Nc1ccc(C(N)=O)cc1)C(=O)CCc1nc2sc3c(c2c(=O)[nH]1)CCC3. The first-order valence-electron chi connectivity index (χ1n) is 11.4. The second kappa shape index (κ2) is 10.2. The molecule has 0 atom stereocenters. The third-order valence-electron chi connectivity index (χ3n) is 6.00. The van der Waals surface area contributed by atoms with Crippen LogP contribution >= 0.6 is 11.3 Å². The number of nitrogens with zero attached hydrogens (tertiary/aromatic N) is 2. The molecule has 178 valence electrons. The smallest absolute Gasteiger partial charge is 0.259 e. The highest BCUT2D eigenvalue weighted by atomic mass is 32.1. The number of aromatic nitrogens is 2. The van der Waals surface area contributed by atoms with Crippen LogP contribution in [0.1, 0.15) is 52.8 Å². The number of carbonyl (C=O) groups excluding carboxylic acids is 3. The lowest BCUT2D eigenvalue weighted by atomic mass is 10.2. The van der Waals surface area contributed by atoms with Crippen molar-refractivity contribution < 1.29 is 14.4 Å². The number of H-pyrrole nitrogens is 1. The molecule has 0 radical (unpaired) electrons. The average molecular weight is 482 g/mol. The van der Waals surface area contributed by atoms with Crippen LogP contribution in [0.4, 0.5) is 5.69 Å². The Labute approximate surface area is 200 Å². The summed E-state index contributed by atoms with van der Waals surface area (Å²) in [7, 11) is 0. The van der Waals surface area contributed by atoms with E-state index in [2.05, 4.69) is 15.3 Å². The number of anilines is 1. The molecule has 3 aromatic rings. The van der Waals surface area contributed by atoms with Gasteiger partial charge in [-0.15, -0.1) is 11.3 Å². The Kier molecular flexibility index (Phi) is 7.06. The van der Waals surface area contributed by atoms with Gasteiger partial charge in [-0.05, 0) is 56.0 Å². The van der Waals surface area contributed by atoms with Crippen LogP contribution in [0.5, 0.6) is 0 Å². The van der Waals surface area contributed by atoms with Gasteiger partial charge in [0.25, 0.3) is 5.56 Å². The largest absolute Gasteiger partial charge is 0.366 e. The lowest BCUT2D eigenvalue weighted by molar-refractivity contribution is -0.131. The van der Waals surface area contributed by atoms with E-state index in [0.717, 1.165) is 29.7 Å². The molecule has 0 bridgehead atoms. The highest BCUT2D eigenvalue weighted by Crippen LogP contribution is 2.34. The van der Waals surface area contributed by atoms with E-state index in [1.165, 1.54) is 4.88 Å². The van der Waals surface area contributed by atoms with Gasteiger partial charge < -0.3 is 20.9 Å². The van der Waals surface area contributed by atoms with Crippen LogP contribution in [-0.4, -0.2) is 45.7 Å². The molecule has 9 nitrogen and oxygen atoms in total. The normalized spacial score (nSPS) is 12.5. The summed E-state index contributed by atoms with van der Waals surface area (Å²) in [5, 5.41) is 3.45. The number of aromatic amines is 1. The van der Waals surface area contributed by atoms with Gasteiger partial charge >= 0.3 is 0 Å². The quantitative estimate of drug-likeness (QED) is 0.431. The summed E-state index contributed by atoms with van der Waals surface area (Å²) in [5.74, 6) is -0.356. The lowest BCUT2D eigenvalue weighted by Gasteiger charge is -2.20. The van der Waals surface area contributed by atoms with Gasteiger partial charge in [0, 0.05) is 48.5 Å². The van der Waals surface area contributed by atoms with E-state index >= 15 is 0 Å². The molecule has 2 aromatic heterocycles. The topological polar surface area (TPSA) is 138 Å². The van der Waals surface area contributed by atoms with Crippen LogP contribution < -0.4 is 16.6 Å². The van der Waals surface area contributed by atoms with Crippen molar-refractivity contribution in [3.05, 3.63) is 56.4 Å². The molecule has 0 fully saturated rings. The predicted molar refractivity (Wildman–Crippen MR) is 131 cm³/mol. The molecule has 10 heteroatoms. The number of fused-ring (bicyclic) bond motifs is 3. The third kappa shape index (κ3) is 5.17. The average Bonchev–Trinajstić information content (AvgIpc) is 3.39. The van der Waals surface area contributed by atoms with Crippen molar-refractivity contribution in [3.8, 4) is 0 Å². The van der Waals surface area contributed by atoms with Crippen LogP contribution in [0.25, 0.3) is 10.2 Å². The zero-order valence-electron chi connectivity index (χ0n) is 19.0. The number of rotatable bonds is 9. The second-order valence-electron chi connectivity index (χ2n) is 8.26. The Bertz CT molecular complexity index is 1300. The van der Waals surface area contributed by atoms with Crippen molar-refractivity contribution in [2.24, 2.45) is 5.73 Å². The second-order valence-corrected chi connectivity index (χ2v) is 9.35. The molecule has 4 N–H and O–H groups in total. The predicted octanol–water partition coefficient (Wildman–Crippen LogP) is 2.38. The van der Waals surface area contributed by atoms with Gasteiger partial charge in [0.1, 0.15) is 10.7 Å². The summed E-state index contributed by atoms with van der Waals surface area (Å²) in [6, 6.07) is 6.29. The molecule has 4 rings (SSSR count). The molecule has 1 aliphatic carbocycles. The third-order valence-corrected chi connectivity index (χ3v) is 7.18. The van der Waals surface area contributed by atoms with Gasteiger partial charge in [-0.1, -0.05) is 0 Å². The molecular formula is C24H27N5O4S. The fourth-order valence-electron chi connectivity index (χ4n) is 4.19. The molecule has 0 unspecified atom stereocenters. The van der Waals surface area contributed by atoms with Crippen molar-refractivity contribution >= 4 is 45.0 Å².